The van der Waals surface area contributed by atoms with Gasteiger partial charge in [-0.15, -0.1) is 0 Å². The van der Waals surface area contributed by atoms with Crippen molar-refractivity contribution in [2.75, 3.05) is 20.3 Å². The Morgan fingerprint density at radius 3 is 2.88 bits per heavy atom. The fourth-order valence-electron chi connectivity index (χ4n) is 3.35. The Morgan fingerprint density at radius 2 is 2.08 bits per heavy atom. The zero-order valence-corrected chi connectivity index (χ0v) is 14.5. The number of hydrogen-bond donors (Lipinski definition) is 0. The molecular formula is C21H19NO4. The molecule has 0 bridgehead atoms. The van der Waals surface area contributed by atoms with E-state index >= 15 is 0 Å². The molecule has 1 aromatic carbocycles. The molecule has 26 heavy (non-hydrogen) atoms. The van der Waals surface area contributed by atoms with Gasteiger partial charge in [0.25, 0.3) is 0 Å². The average molecular weight is 349 g/mol. The molecule has 0 saturated carbocycles. The molecule has 0 fully saturated rings. The van der Waals surface area contributed by atoms with Crippen molar-refractivity contribution in [3.63, 3.8) is 0 Å². The minimum absolute atomic E-state index is 0.232. The summed E-state index contributed by atoms with van der Waals surface area (Å²) >= 11 is 0. The Hall–Kier alpha value is -2.92. The van der Waals surface area contributed by atoms with Crippen molar-refractivity contribution in [3.05, 3.63) is 65.2 Å². The topological polar surface area (TPSA) is 61.6 Å². The van der Waals surface area contributed by atoms with Gasteiger partial charge >= 0.3 is 5.97 Å². The molecule has 0 atom stereocenters. The number of nitrogens with zero attached hydrogens (tertiary/aromatic N) is 1. The lowest BCUT2D eigenvalue weighted by Crippen LogP contribution is -2.13. The zero-order valence-electron chi connectivity index (χ0n) is 14.5. The number of benzene rings is 1. The maximum Gasteiger partial charge on any atom is 0.339 e. The molecule has 0 spiro atoms. The normalized spacial score (nSPS) is 14.7. The first-order valence-corrected chi connectivity index (χ1v) is 8.60. The average Bonchev–Trinajstić information content (AvgIpc) is 3.30. The molecule has 2 heterocycles. The third-order valence-electron chi connectivity index (χ3n) is 4.53. The van der Waals surface area contributed by atoms with E-state index in [1.165, 1.54) is 0 Å². The monoisotopic (exact) mass is 349 g/mol. The second-order valence-electron chi connectivity index (χ2n) is 6.14. The molecule has 0 amide bonds. The molecule has 1 aliphatic rings. The van der Waals surface area contributed by atoms with Crippen LogP contribution in [0.5, 0.6) is 0 Å². The van der Waals surface area contributed by atoms with Gasteiger partial charge in [-0.3, -0.25) is 0 Å². The van der Waals surface area contributed by atoms with Crippen molar-refractivity contribution in [2.24, 2.45) is 0 Å². The molecule has 5 nitrogen and oxygen atoms in total. The van der Waals surface area contributed by atoms with Gasteiger partial charge in [0.05, 0.1) is 29.6 Å². The molecule has 1 aliphatic carbocycles. The first-order chi connectivity index (χ1) is 12.8. The number of carbonyl (C=O) groups is 1. The molecule has 0 unspecified atom stereocenters. The summed E-state index contributed by atoms with van der Waals surface area (Å²) in [5.74, 6) is 0.461. The maximum absolute atomic E-state index is 12.8. The summed E-state index contributed by atoms with van der Waals surface area (Å²) in [4.78, 5) is 17.6. The van der Waals surface area contributed by atoms with Gasteiger partial charge in [0, 0.05) is 12.5 Å². The van der Waals surface area contributed by atoms with Crippen LogP contribution < -0.4 is 0 Å². The number of fused-ring (bicyclic) bond motifs is 2. The zero-order chi connectivity index (χ0) is 17.9. The SMILES string of the molecule is COCCOC(=O)c1c2c(nc3ccccc13)C(=Cc1ccco1)CC2. The van der Waals surface area contributed by atoms with E-state index in [0.717, 1.165) is 46.3 Å². The Balaban J connectivity index is 1.82. The summed E-state index contributed by atoms with van der Waals surface area (Å²) in [6.07, 6.45) is 5.22. The summed E-state index contributed by atoms with van der Waals surface area (Å²) < 4.78 is 15.8. The smallest absolute Gasteiger partial charge is 0.339 e. The van der Waals surface area contributed by atoms with Crippen molar-refractivity contribution in [3.8, 4) is 0 Å². The van der Waals surface area contributed by atoms with Crippen molar-refractivity contribution in [1.29, 1.82) is 0 Å². The van der Waals surface area contributed by atoms with Crippen molar-refractivity contribution < 1.29 is 18.7 Å². The fraction of sp³-hybridized carbons (Fsp3) is 0.238. The van der Waals surface area contributed by atoms with Crippen LogP contribution in [0.2, 0.25) is 0 Å². The van der Waals surface area contributed by atoms with Crippen molar-refractivity contribution >= 4 is 28.5 Å². The molecule has 3 aromatic rings. The Morgan fingerprint density at radius 1 is 1.19 bits per heavy atom. The van der Waals surface area contributed by atoms with Crippen LogP contribution in [0.3, 0.4) is 0 Å². The summed E-state index contributed by atoms with van der Waals surface area (Å²) in [5.41, 5.74) is 4.29. The molecule has 4 rings (SSSR count). The highest BCUT2D eigenvalue weighted by atomic mass is 16.6. The van der Waals surface area contributed by atoms with E-state index < -0.39 is 0 Å². The first-order valence-electron chi connectivity index (χ1n) is 8.60. The van der Waals surface area contributed by atoms with Gasteiger partial charge in [0.2, 0.25) is 0 Å². The van der Waals surface area contributed by atoms with Crippen LogP contribution in [0.4, 0.5) is 0 Å². The second-order valence-corrected chi connectivity index (χ2v) is 6.14. The van der Waals surface area contributed by atoms with Crippen molar-refractivity contribution in [2.45, 2.75) is 12.8 Å². The van der Waals surface area contributed by atoms with Gasteiger partial charge in [-0.1, -0.05) is 18.2 Å². The molecular weight excluding hydrogens is 330 g/mol. The van der Waals surface area contributed by atoms with E-state index in [0.29, 0.717) is 12.2 Å². The number of carbonyl (C=O) groups excluding carboxylic acids is 1. The lowest BCUT2D eigenvalue weighted by Gasteiger charge is -2.12. The summed E-state index contributed by atoms with van der Waals surface area (Å²) in [6, 6.07) is 11.4. The van der Waals surface area contributed by atoms with Gasteiger partial charge < -0.3 is 13.9 Å². The number of pyridine rings is 1. The largest absolute Gasteiger partial charge is 0.465 e. The lowest BCUT2D eigenvalue weighted by atomic mass is 10.0. The minimum Gasteiger partial charge on any atom is -0.465 e. The van der Waals surface area contributed by atoms with Crippen LogP contribution in [0, 0.1) is 0 Å². The van der Waals surface area contributed by atoms with E-state index in [1.807, 2.05) is 42.5 Å². The highest BCUT2D eigenvalue weighted by Gasteiger charge is 2.27. The number of hydrogen-bond acceptors (Lipinski definition) is 5. The highest BCUT2D eigenvalue weighted by molar-refractivity contribution is 6.07. The summed E-state index contributed by atoms with van der Waals surface area (Å²) in [6.45, 7) is 0.608. The number of aromatic nitrogens is 1. The van der Waals surface area contributed by atoms with E-state index in [9.17, 15) is 4.79 Å². The van der Waals surface area contributed by atoms with Crippen LogP contribution in [0.1, 0.15) is 33.8 Å². The Bertz CT molecular complexity index is 973. The number of para-hydroxylation sites is 1. The van der Waals surface area contributed by atoms with Gasteiger partial charge in [0.15, 0.2) is 0 Å². The second kappa shape index (κ2) is 7.14. The molecule has 0 N–H and O–H groups in total. The van der Waals surface area contributed by atoms with E-state index in [2.05, 4.69) is 0 Å². The molecule has 0 saturated heterocycles. The highest BCUT2D eigenvalue weighted by Crippen LogP contribution is 2.37. The molecule has 5 heteroatoms. The van der Waals surface area contributed by atoms with Crippen LogP contribution in [-0.4, -0.2) is 31.3 Å². The molecule has 0 aliphatic heterocycles. The molecule has 2 aromatic heterocycles. The van der Waals surface area contributed by atoms with Crippen LogP contribution >= 0.6 is 0 Å². The fourth-order valence-corrected chi connectivity index (χ4v) is 3.35. The Labute approximate surface area is 151 Å². The van der Waals surface area contributed by atoms with Crippen LogP contribution in [0.25, 0.3) is 22.6 Å². The number of ether oxygens (including phenoxy) is 2. The quantitative estimate of drug-likeness (QED) is 0.512. The third-order valence-corrected chi connectivity index (χ3v) is 4.53. The van der Waals surface area contributed by atoms with Crippen LogP contribution in [0.15, 0.2) is 47.1 Å². The number of furan rings is 1. The summed E-state index contributed by atoms with van der Waals surface area (Å²) in [5, 5.41) is 0.827. The van der Waals surface area contributed by atoms with Gasteiger partial charge in [-0.25, -0.2) is 9.78 Å². The maximum atomic E-state index is 12.8. The standard InChI is InChI=1S/C21H19NO4/c1-24-11-12-26-21(23)19-16-6-2-3-7-18(16)22-20-14(8-9-17(19)20)13-15-5-4-10-25-15/h2-7,10,13H,8-9,11-12H2,1H3. The number of methoxy groups -OCH3 is 1. The van der Waals surface area contributed by atoms with E-state index in [-0.39, 0.29) is 12.6 Å². The predicted molar refractivity (Wildman–Crippen MR) is 98.8 cm³/mol. The third kappa shape index (κ3) is 3.02. The first kappa shape index (κ1) is 16.5. The molecule has 0 radical (unpaired) electrons. The number of allylic oxidation sites excluding steroid dienone is 1. The van der Waals surface area contributed by atoms with Crippen molar-refractivity contribution in [1.82, 2.24) is 4.98 Å². The van der Waals surface area contributed by atoms with E-state index in [1.54, 1.807) is 13.4 Å². The van der Waals surface area contributed by atoms with Crippen LogP contribution in [-0.2, 0) is 15.9 Å². The van der Waals surface area contributed by atoms with Gasteiger partial charge in [-0.2, -0.15) is 0 Å². The Kier molecular flexibility index (Phi) is 4.54. The molecule has 132 valence electrons. The lowest BCUT2D eigenvalue weighted by molar-refractivity contribution is 0.0389. The summed E-state index contributed by atoms with van der Waals surface area (Å²) in [7, 11) is 1.58. The van der Waals surface area contributed by atoms with Gasteiger partial charge in [-0.05, 0) is 48.3 Å². The minimum atomic E-state index is -0.323. The number of rotatable bonds is 5. The predicted octanol–water partition coefficient (Wildman–Crippen LogP) is 4.12. The number of esters is 1. The van der Waals surface area contributed by atoms with E-state index in [4.69, 9.17) is 18.9 Å². The van der Waals surface area contributed by atoms with Gasteiger partial charge in [0.1, 0.15) is 12.4 Å².